The van der Waals surface area contributed by atoms with Crippen LogP contribution in [0.1, 0.15) is 24.0 Å². The highest BCUT2D eigenvalue weighted by Crippen LogP contribution is 2.35. The van der Waals surface area contributed by atoms with Crippen LogP contribution in [0.25, 0.3) is 62.0 Å². The molecule has 0 amide bonds. The Bertz CT molecular complexity index is 1680. The van der Waals surface area contributed by atoms with Gasteiger partial charge in [-0.2, -0.15) is 0 Å². The summed E-state index contributed by atoms with van der Waals surface area (Å²) in [5, 5.41) is 7.90. The summed E-state index contributed by atoms with van der Waals surface area (Å²) in [5.74, 6) is 0. The van der Waals surface area contributed by atoms with Gasteiger partial charge in [0.15, 0.2) is 0 Å². The van der Waals surface area contributed by atoms with Gasteiger partial charge < -0.3 is 0 Å². The van der Waals surface area contributed by atoms with Crippen molar-refractivity contribution in [3.63, 3.8) is 0 Å². The Balaban J connectivity index is 1.79. The molecule has 0 spiro atoms. The fourth-order valence-electron chi connectivity index (χ4n) is 5.47. The molecule has 0 aromatic heterocycles. The molecule has 6 rings (SSSR count). The second kappa shape index (κ2) is 7.90. The van der Waals surface area contributed by atoms with E-state index in [0.717, 1.165) is 12.8 Å². The van der Waals surface area contributed by atoms with Crippen LogP contribution in [-0.2, 0) is 0 Å². The monoisotopic (exact) mass is 422 g/mol. The lowest BCUT2D eigenvalue weighted by atomic mass is 9.84. The van der Waals surface area contributed by atoms with E-state index in [2.05, 4.69) is 111 Å². The van der Waals surface area contributed by atoms with Crippen LogP contribution >= 0.6 is 0 Å². The average molecular weight is 423 g/mol. The highest BCUT2D eigenvalue weighted by Gasteiger charge is 2.17. The minimum Gasteiger partial charge on any atom is -0.0984 e. The van der Waals surface area contributed by atoms with Gasteiger partial charge in [-0.05, 0) is 91.2 Å². The van der Waals surface area contributed by atoms with Crippen LogP contribution < -0.4 is 10.4 Å². The van der Waals surface area contributed by atoms with Crippen molar-refractivity contribution >= 4 is 39.8 Å². The predicted molar refractivity (Wildman–Crippen MR) is 145 cm³/mol. The van der Waals surface area contributed by atoms with Crippen molar-refractivity contribution in [3.05, 3.63) is 113 Å². The topological polar surface area (TPSA) is 0 Å². The maximum absolute atomic E-state index is 4.15. The van der Waals surface area contributed by atoms with Crippen molar-refractivity contribution in [1.29, 1.82) is 0 Å². The Labute approximate surface area is 194 Å². The van der Waals surface area contributed by atoms with Crippen molar-refractivity contribution in [2.45, 2.75) is 19.8 Å². The predicted octanol–water partition coefficient (Wildman–Crippen LogP) is 7.63. The molecule has 0 N–H and O–H groups in total. The maximum Gasteiger partial charge on any atom is -0.00236 e. The first kappa shape index (κ1) is 19.8. The zero-order chi connectivity index (χ0) is 22.4. The van der Waals surface area contributed by atoms with Crippen LogP contribution in [-0.4, -0.2) is 0 Å². The Morgan fingerprint density at radius 1 is 0.667 bits per heavy atom. The Morgan fingerprint density at radius 2 is 1.33 bits per heavy atom. The van der Waals surface area contributed by atoms with Gasteiger partial charge in [-0.15, -0.1) is 0 Å². The number of rotatable bonds is 3. The third kappa shape index (κ3) is 3.14. The molecular formula is C33H26. The Kier molecular flexibility index (Phi) is 4.73. The quantitative estimate of drug-likeness (QED) is 0.280. The summed E-state index contributed by atoms with van der Waals surface area (Å²) in [6.07, 6.45) is 9.05. The summed E-state index contributed by atoms with van der Waals surface area (Å²) >= 11 is 0. The van der Waals surface area contributed by atoms with Gasteiger partial charge >= 0.3 is 0 Å². The zero-order valence-corrected chi connectivity index (χ0v) is 18.9. The van der Waals surface area contributed by atoms with Gasteiger partial charge in [-0.25, -0.2) is 0 Å². The van der Waals surface area contributed by atoms with Crippen LogP contribution in [0.3, 0.4) is 0 Å². The smallest absolute Gasteiger partial charge is 0.00236 e. The van der Waals surface area contributed by atoms with Gasteiger partial charge in [-0.1, -0.05) is 104 Å². The molecule has 5 aromatic rings. The summed E-state index contributed by atoms with van der Waals surface area (Å²) < 4.78 is 0. The van der Waals surface area contributed by atoms with Gasteiger partial charge in [0.2, 0.25) is 0 Å². The van der Waals surface area contributed by atoms with Crippen molar-refractivity contribution < 1.29 is 0 Å². The summed E-state index contributed by atoms with van der Waals surface area (Å²) in [6.45, 7) is 6.32. The molecule has 0 saturated heterocycles. The molecule has 0 unspecified atom stereocenters. The SMILES string of the molecule is C=Cc1c(C)cccc1-c1c2c(c(-c3ccc4ccccc4c3)c3ccccc13)=CCCC=2. The van der Waals surface area contributed by atoms with Crippen molar-refractivity contribution in [2.24, 2.45) is 0 Å². The summed E-state index contributed by atoms with van der Waals surface area (Å²) in [5.41, 5.74) is 7.72. The molecule has 0 aliphatic heterocycles. The molecule has 0 atom stereocenters. The van der Waals surface area contributed by atoms with Crippen LogP contribution in [0.5, 0.6) is 0 Å². The van der Waals surface area contributed by atoms with E-state index in [4.69, 9.17) is 0 Å². The van der Waals surface area contributed by atoms with E-state index in [1.807, 2.05) is 6.08 Å². The number of benzene rings is 5. The molecule has 0 radical (unpaired) electrons. The molecule has 5 aromatic carbocycles. The lowest BCUT2D eigenvalue weighted by Crippen LogP contribution is -2.31. The Hall–Kier alpha value is -3.90. The number of hydrogen-bond donors (Lipinski definition) is 0. The molecule has 33 heavy (non-hydrogen) atoms. The first-order valence-corrected chi connectivity index (χ1v) is 11.7. The number of aryl methyl sites for hydroxylation is 1. The van der Waals surface area contributed by atoms with Crippen LogP contribution in [0, 0.1) is 6.92 Å². The van der Waals surface area contributed by atoms with E-state index in [-0.39, 0.29) is 0 Å². The summed E-state index contributed by atoms with van der Waals surface area (Å²) in [7, 11) is 0. The molecule has 0 heterocycles. The molecule has 0 bridgehead atoms. The lowest BCUT2D eigenvalue weighted by Gasteiger charge is -2.19. The number of fused-ring (bicyclic) bond motifs is 3. The normalized spacial score (nSPS) is 12.8. The van der Waals surface area contributed by atoms with E-state index in [9.17, 15) is 0 Å². The molecule has 1 aliphatic rings. The van der Waals surface area contributed by atoms with Crippen LogP contribution in [0.15, 0.2) is 91.5 Å². The van der Waals surface area contributed by atoms with E-state index in [1.54, 1.807) is 0 Å². The van der Waals surface area contributed by atoms with Crippen LogP contribution in [0.4, 0.5) is 0 Å². The van der Waals surface area contributed by atoms with E-state index >= 15 is 0 Å². The summed E-state index contributed by atoms with van der Waals surface area (Å²) in [6, 6.07) is 31.0. The maximum atomic E-state index is 4.15. The standard InChI is InChI=1S/C33H26/c1-3-26-22(2)11-10-18-27(26)33-30-16-8-6-14-28(30)32(29-15-7-9-17-31(29)33)25-20-19-23-12-4-5-13-24(23)21-25/h3-6,8,10-21H,1,7,9H2,2H3. The summed E-state index contributed by atoms with van der Waals surface area (Å²) in [4.78, 5) is 0. The van der Waals surface area contributed by atoms with Gasteiger partial charge in [-0.3, -0.25) is 0 Å². The zero-order valence-electron chi connectivity index (χ0n) is 18.9. The fourth-order valence-corrected chi connectivity index (χ4v) is 5.47. The van der Waals surface area contributed by atoms with E-state index < -0.39 is 0 Å². The third-order valence-corrected chi connectivity index (χ3v) is 6.99. The molecule has 0 nitrogen and oxygen atoms in total. The Morgan fingerprint density at radius 3 is 2.09 bits per heavy atom. The largest absolute Gasteiger partial charge is 0.0984 e. The molecule has 0 saturated carbocycles. The minimum absolute atomic E-state index is 1.07. The molecule has 1 aliphatic carbocycles. The fraction of sp³-hybridized carbons (Fsp3) is 0.0909. The molecular weight excluding hydrogens is 396 g/mol. The van der Waals surface area contributed by atoms with Gasteiger partial charge in [0.25, 0.3) is 0 Å². The van der Waals surface area contributed by atoms with Gasteiger partial charge in [0.1, 0.15) is 0 Å². The van der Waals surface area contributed by atoms with Crippen molar-refractivity contribution in [2.75, 3.05) is 0 Å². The van der Waals surface area contributed by atoms with E-state index in [0.29, 0.717) is 0 Å². The first-order valence-electron chi connectivity index (χ1n) is 11.7. The molecule has 0 fully saturated rings. The molecule has 158 valence electrons. The first-order chi connectivity index (χ1) is 16.3. The van der Waals surface area contributed by atoms with Gasteiger partial charge in [0.05, 0.1) is 0 Å². The number of hydrogen-bond acceptors (Lipinski definition) is 0. The van der Waals surface area contributed by atoms with Crippen molar-refractivity contribution in [3.8, 4) is 22.3 Å². The van der Waals surface area contributed by atoms with Gasteiger partial charge in [0, 0.05) is 0 Å². The minimum atomic E-state index is 1.07. The van der Waals surface area contributed by atoms with Crippen LogP contribution in [0.2, 0.25) is 0 Å². The van der Waals surface area contributed by atoms with E-state index in [1.165, 1.54) is 65.4 Å². The highest BCUT2D eigenvalue weighted by molar-refractivity contribution is 6.07. The molecule has 0 heteroatoms. The lowest BCUT2D eigenvalue weighted by molar-refractivity contribution is 1.12. The van der Waals surface area contributed by atoms with Crippen molar-refractivity contribution in [1.82, 2.24) is 0 Å². The second-order valence-corrected chi connectivity index (χ2v) is 8.91. The third-order valence-electron chi connectivity index (χ3n) is 6.99. The second-order valence-electron chi connectivity index (χ2n) is 8.91. The average Bonchev–Trinajstić information content (AvgIpc) is 2.87. The highest BCUT2D eigenvalue weighted by atomic mass is 14.2.